The van der Waals surface area contributed by atoms with E-state index in [0.717, 1.165) is 52.4 Å². The number of aliphatic hydroxyl groups is 1. The third-order valence-electron chi connectivity index (χ3n) is 7.32. The largest absolute Gasteiger partial charge is 0.491 e. The third kappa shape index (κ3) is 6.45. The van der Waals surface area contributed by atoms with Gasteiger partial charge in [0.15, 0.2) is 0 Å². The lowest BCUT2D eigenvalue weighted by molar-refractivity contribution is -0.130. The molecule has 180 valence electrons. The van der Waals surface area contributed by atoms with Gasteiger partial charge in [-0.3, -0.25) is 14.6 Å². The number of aliphatic hydroxyl groups excluding tert-OH is 1. The second kappa shape index (κ2) is 11.3. The van der Waals surface area contributed by atoms with Gasteiger partial charge in [-0.05, 0) is 56.6 Å². The minimum atomic E-state index is -0.524. The van der Waals surface area contributed by atoms with Crippen LogP contribution in [0.3, 0.4) is 0 Å². The zero-order valence-corrected chi connectivity index (χ0v) is 19.7. The molecule has 3 unspecified atom stereocenters. The van der Waals surface area contributed by atoms with E-state index in [1.54, 1.807) is 31.2 Å². The van der Waals surface area contributed by atoms with E-state index in [0.29, 0.717) is 29.9 Å². The molecule has 3 aliphatic heterocycles. The molecular weight excluding hydrogens is 418 g/mol. The molecule has 8 heteroatoms. The second-order valence-electron chi connectivity index (χ2n) is 9.64. The number of rotatable bonds is 9. The standard InChI is InChI=1S/C25H37N5O3/c1-20(31)29-13-11-27(12-14-29)9-2-10-28-16-22-5-6-23(17-28)30(22)18-24(32)19-33-25-7-3-21(15-26)4-8-25/h3-4,7-8,22-24,32H,2,5-6,9-14,16-19H2,1H3. The molecule has 4 rings (SSSR count). The Bertz CT molecular complexity index is 804. The van der Waals surface area contributed by atoms with Crippen molar-refractivity contribution in [2.75, 3.05) is 65.5 Å². The fraction of sp³-hybridized carbons (Fsp3) is 0.680. The first-order valence-corrected chi connectivity index (χ1v) is 12.3. The Hall–Kier alpha value is -2.18. The number of fused-ring (bicyclic) bond motifs is 2. The van der Waals surface area contributed by atoms with Crippen molar-refractivity contribution >= 4 is 5.91 Å². The Morgan fingerprint density at radius 2 is 1.73 bits per heavy atom. The Morgan fingerprint density at radius 3 is 2.33 bits per heavy atom. The van der Waals surface area contributed by atoms with Crippen LogP contribution in [0.1, 0.15) is 31.7 Å². The van der Waals surface area contributed by atoms with Gasteiger partial charge in [0.1, 0.15) is 18.5 Å². The summed E-state index contributed by atoms with van der Waals surface area (Å²) >= 11 is 0. The van der Waals surface area contributed by atoms with Gasteiger partial charge in [-0.2, -0.15) is 5.26 Å². The normalized spacial score (nSPS) is 25.1. The van der Waals surface area contributed by atoms with Crippen molar-refractivity contribution in [1.29, 1.82) is 5.26 Å². The van der Waals surface area contributed by atoms with Crippen LogP contribution in [-0.4, -0.2) is 114 Å². The Morgan fingerprint density at radius 1 is 1.09 bits per heavy atom. The summed E-state index contributed by atoms with van der Waals surface area (Å²) in [5.74, 6) is 0.873. The third-order valence-corrected chi connectivity index (χ3v) is 7.32. The van der Waals surface area contributed by atoms with E-state index in [2.05, 4.69) is 20.8 Å². The highest BCUT2D eigenvalue weighted by atomic mass is 16.5. The molecule has 0 aliphatic carbocycles. The van der Waals surface area contributed by atoms with Crippen LogP contribution in [0.25, 0.3) is 0 Å². The number of hydrogen-bond donors (Lipinski definition) is 1. The molecule has 3 atom stereocenters. The molecule has 1 N–H and O–H groups in total. The highest BCUT2D eigenvalue weighted by Crippen LogP contribution is 2.30. The summed E-state index contributed by atoms with van der Waals surface area (Å²) < 4.78 is 5.73. The molecule has 3 aliphatic rings. The molecule has 8 nitrogen and oxygen atoms in total. The van der Waals surface area contributed by atoms with Gasteiger partial charge in [0.05, 0.1) is 11.6 Å². The van der Waals surface area contributed by atoms with Crippen LogP contribution in [-0.2, 0) is 4.79 Å². The average molecular weight is 456 g/mol. The molecule has 33 heavy (non-hydrogen) atoms. The predicted molar refractivity (Wildman–Crippen MR) is 126 cm³/mol. The molecule has 0 spiro atoms. The highest BCUT2D eigenvalue weighted by Gasteiger charge is 2.40. The summed E-state index contributed by atoms with van der Waals surface area (Å²) in [4.78, 5) is 21.0. The molecule has 2 bridgehead atoms. The number of ether oxygens (including phenoxy) is 1. The first kappa shape index (κ1) is 24.0. The van der Waals surface area contributed by atoms with Crippen molar-refractivity contribution in [2.45, 2.75) is 44.4 Å². The Kier molecular flexibility index (Phi) is 8.20. The number of carbonyl (C=O) groups excluding carboxylic acids is 1. The van der Waals surface area contributed by atoms with Gasteiger partial charge in [0.25, 0.3) is 0 Å². The lowest BCUT2D eigenvalue weighted by atomic mass is 10.1. The number of carbonyl (C=O) groups is 1. The minimum absolute atomic E-state index is 0.189. The van der Waals surface area contributed by atoms with Crippen LogP contribution in [0.5, 0.6) is 5.75 Å². The van der Waals surface area contributed by atoms with Crippen LogP contribution in [0.15, 0.2) is 24.3 Å². The molecule has 3 saturated heterocycles. The van der Waals surface area contributed by atoms with Crippen LogP contribution >= 0.6 is 0 Å². The van der Waals surface area contributed by atoms with Crippen LogP contribution in [0.2, 0.25) is 0 Å². The molecule has 0 aromatic heterocycles. The van der Waals surface area contributed by atoms with Crippen molar-refractivity contribution in [1.82, 2.24) is 19.6 Å². The molecule has 1 amide bonds. The smallest absolute Gasteiger partial charge is 0.219 e. The fourth-order valence-electron chi connectivity index (χ4n) is 5.48. The highest BCUT2D eigenvalue weighted by molar-refractivity contribution is 5.73. The van der Waals surface area contributed by atoms with Crippen molar-refractivity contribution in [3.05, 3.63) is 29.8 Å². The maximum Gasteiger partial charge on any atom is 0.219 e. The molecule has 1 aromatic rings. The SMILES string of the molecule is CC(=O)N1CCN(CCCN2CC3CCC(C2)N3CC(O)COc2ccc(C#N)cc2)CC1. The van der Waals surface area contributed by atoms with Crippen LogP contribution < -0.4 is 4.74 Å². The quantitative estimate of drug-likeness (QED) is 0.595. The number of nitrogens with zero attached hydrogens (tertiary/aromatic N) is 5. The molecular formula is C25H37N5O3. The van der Waals surface area contributed by atoms with E-state index < -0.39 is 6.10 Å². The molecule has 3 fully saturated rings. The average Bonchev–Trinajstić information content (AvgIpc) is 3.05. The van der Waals surface area contributed by atoms with Crippen molar-refractivity contribution in [3.8, 4) is 11.8 Å². The first-order valence-electron chi connectivity index (χ1n) is 12.3. The number of hydrogen-bond acceptors (Lipinski definition) is 7. The molecule has 1 aromatic carbocycles. The lowest BCUT2D eigenvalue weighted by Gasteiger charge is -2.42. The van der Waals surface area contributed by atoms with Gasteiger partial charge >= 0.3 is 0 Å². The molecule has 0 radical (unpaired) electrons. The minimum Gasteiger partial charge on any atom is -0.491 e. The van der Waals surface area contributed by atoms with Crippen molar-refractivity contribution in [2.24, 2.45) is 0 Å². The monoisotopic (exact) mass is 455 g/mol. The topological polar surface area (TPSA) is 83.3 Å². The van der Waals surface area contributed by atoms with Crippen LogP contribution in [0, 0.1) is 11.3 Å². The first-order chi connectivity index (χ1) is 16.0. The van der Waals surface area contributed by atoms with Gasteiger partial charge in [0.2, 0.25) is 5.91 Å². The molecule has 3 heterocycles. The lowest BCUT2D eigenvalue weighted by Crippen LogP contribution is -2.56. The summed E-state index contributed by atoms with van der Waals surface area (Å²) in [6, 6.07) is 10.1. The number of benzene rings is 1. The van der Waals surface area contributed by atoms with E-state index in [4.69, 9.17) is 10.00 Å². The zero-order valence-electron chi connectivity index (χ0n) is 19.7. The van der Waals surface area contributed by atoms with E-state index in [9.17, 15) is 9.90 Å². The summed E-state index contributed by atoms with van der Waals surface area (Å²) in [7, 11) is 0. The predicted octanol–water partition coefficient (Wildman–Crippen LogP) is 1.00. The summed E-state index contributed by atoms with van der Waals surface area (Å²) in [5.41, 5.74) is 0.605. The number of nitriles is 1. The summed E-state index contributed by atoms with van der Waals surface area (Å²) in [5, 5.41) is 19.5. The van der Waals surface area contributed by atoms with Gasteiger partial charge < -0.3 is 19.6 Å². The van der Waals surface area contributed by atoms with E-state index in [1.807, 2.05) is 4.90 Å². The Labute approximate surface area is 197 Å². The number of amides is 1. The summed E-state index contributed by atoms with van der Waals surface area (Å²) in [6.45, 7) is 10.7. The van der Waals surface area contributed by atoms with Crippen LogP contribution in [0.4, 0.5) is 0 Å². The van der Waals surface area contributed by atoms with Crippen molar-refractivity contribution in [3.63, 3.8) is 0 Å². The summed E-state index contributed by atoms with van der Waals surface area (Å²) in [6.07, 6.45) is 3.05. The Balaban J connectivity index is 1.14. The van der Waals surface area contributed by atoms with E-state index >= 15 is 0 Å². The number of piperazine rings is 2. The second-order valence-corrected chi connectivity index (χ2v) is 9.64. The van der Waals surface area contributed by atoms with Gasteiger partial charge in [0, 0.05) is 64.8 Å². The maximum absolute atomic E-state index is 11.5. The van der Waals surface area contributed by atoms with E-state index in [1.165, 1.54) is 19.3 Å². The number of likely N-dealkylation sites (tertiary alicyclic amines) is 1. The van der Waals surface area contributed by atoms with E-state index in [-0.39, 0.29) is 12.5 Å². The maximum atomic E-state index is 11.5. The van der Waals surface area contributed by atoms with Crippen molar-refractivity contribution < 1.29 is 14.6 Å². The molecule has 0 saturated carbocycles. The fourth-order valence-corrected chi connectivity index (χ4v) is 5.48. The van der Waals surface area contributed by atoms with Gasteiger partial charge in [-0.1, -0.05) is 0 Å². The zero-order chi connectivity index (χ0) is 23.2. The van der Waals surface area contributed by atoms with Gasteiger partial charge in [-0.25, -0.2) is 0 Å². The van der Waals surface area contributed by atoms with Gasteiger partial charge in [-0.15, -0.1) is 0 Å².